The summed E-state index contributed by atoms with van der Waals surface area (Å²) in [7, 11) is 0. The Labute approximate surface area is 165 Å². The van der Waals surface area contributed by atoms with E-state index in [1.165, 1.54) is 0 Å². The zero-order valence-electron chi connectivity index (χ0n) is 14.8. The molecule has 0 aliphatic rings. The second-order valence-corrected chi connectivity index (χ2v) is 7.17. The number of nitrogens with one attached hydrogen (secondary N) is 1. The van der Waals surface area contributed by atoms with Crippen molar-refractivity contribution in [2.75, 3.05) is 5.43 Å². The molecule has 0 fully saturated rings. The molecule has 0 radical (unpaired) electrons. The number of halogens is 1. The molecule has 0 bridgehead atoms. The van der Waals surface area contributed by atoms with Gasteiger partial charge in [-0.05, 0) is 37.3 Å². The molecule has 5 nitrogen and oxygen atoms in total. The number of aryl methyl sites for hydroxylation is 2. The Morgan fingerprint density at radius 1 is 1.07 bits per heavy atom. The molecule has 1 aromatic heterocycles. The number of amides is 1. The molecule has 2 N–H and O–H groups in total. The van der Waals surface area contributed by atoms with Gasteiger partial charge in [0.15, 0.2) is 0 Å². The molecule has 138 valence electrons. The zero-order valence-corrected chi connectivity index (χ0v) is 16.4. The van der Waals surface area contributed by atoms with Crippen LogP contribution in [-0.4, -0.2) is 21.7 Å². The summed E-state index contributed by atoms with van der Waals surface area (Å²) in [5.74, 6) is -1.14. The van der Waals surface area contributed by atoms with E-state index in [9.17, 15) is 9.59 Å². The van der Waals surface area contributed by atoms with Gasteiger partial charge < -0.3 is 5.11 Å². The molecule has 2 aromatic carbocycles. The molecule has 0 aliphatic carbocycles. The van der Waals surface area contributed by atoms with Gasteiger partial charge in [-0.1, -0.05) is 51.8 Å². The molecule has 0 atom stereocenters. The Kier molecular flexibility index (Phi) is 5.76. The number of carbonyl (C=O) groups excluding carboxylic acids is 1. The van der Waals surface area contributed by atoms with E-state index in [4.69, 9.17) is 5.11 Å². The maximum Gasteiger partial charge on any atom is 0.303 e. The van der Waals surface area contributed by atoms with Crippen LogP contribution in [0.3, 0.4) is 0 Å². The van der Waals surface area contributed by atoms with Gasteiger partial charge in [0, 0.05) is 27.7 Å². The number of benzene rings is 2. The summed E-state index contributed by atoms with van der Waals surface area (Å²) >= 11 is 3.37. The van der Waals surface area contributed by atoms with Gasteiger partial charge in [0.2, 0.25) is 0 Å². The van der Waals surface area contributed by atoms with Crippen LogP contribution in [0.4, 0.5) is 0 Å². The molecule has 1 amide bonds. The number of aliphatic carboxylic acids is 1. The summed E-state index contributed by atoms with van der Waals surface area (Å²) in [6.07, 6.45) is 0.310. The Hall–Kier alpha value is -2.86. The smallest absolute Gasteiger partial charge is 0.303 e. The largest absolute Gasteiger partial charge is 0.481 e. The van der Waals surface area contributed by atoms with Crippen molar-refractivity contribution in [2.45, 2.75) is 19.8 Å². The minimum absolute atomic E-state index is 0.00981. The maximum atomic E-state index is 12.7. The van der Waals surface area contributed by atoms with Crippen LogP contribution in [-0.2, 0) is 11.2 Å². The van der Waals surface area contributed by atoms with Gasteiger partial charge in [0.1, 0.15) is 0 Å². The highest BCUT2D eigenvalue weighted by Crippen LogP contribution is 2.23. The predicted octanol–water partition coefficient (Wildman–Crippen LogP) is 4.63. The molecule has 3 rings (SSSR count). The van der Waals surface area contributed by atoms with Crippen molar-refractivity contribution in [3.8, 4) is 11.3 Å². The van der Waals surface area contributed by atoms with Gasteiger partial charge in [0.05, 0.1) is 12.1 Å². The lowest BCUT2D eigenvalue weighted by atomic mass is 10.1. The van der Waals surface area contributed by atoms with Crippen LogP contribution in [0.25, 0.3) is 11.3 Å². The van der Waals surface area contributed by atoms with Crippen molar-refractivity contribution >= 4 is 27.8 Å². The Bertz CT molecular complexity index is 977. The quantitative estimate of drug-likeness (QED) is 0.603. The minimum atomic E-state index is -0.877. The number of carbonyl (C=O) groups is 2. The lowest BCUT2D eigenvalue weighted by Crippen LogP contribution is -2.25. The average molecular weight is 427 g/mol. The van der Waals surface area contributed by atoms with Crippen LogP contribution < -0.4 is 5.43 Å². The topological polar surface area (TPSA) is 71.3 Å². The fourth-order valence-corrected chi connectivity index (χ4v) is 3.19. The van der Waals surface area contributed by atoms with Crippen LogP contribution >= 0.6 is 15.9 Å². The highest BCUT2D eigenvalue weighted by molar-refractivity contribution is 9.10. The van der Waals surface area contributed by atoms with E-state index in [-0.39, 0.29) is 12.3 Å². The Balaban J connectivity index is 1.96. The Morgan fingerprint density at radius 3 is 2.48 bits per heavy atom. The fraction of sp³-hybridized carbons (Fsp3) is 0.143. The van der Waals surface area contributed by atoms with Gasteiger partial charge in [-0.3, -0.25) is 19.7 Å². The zero-order chi connectivity index (χ0) is 19.4. The van der Waals surface area contributed by atoms with Crippen molar-refractivity contribution in [1.29, 1.82) is 0 Å². The first-order valence-electron chi connectivity index (χ1n) is 8.50. The van der Waals surface area contributed by atoms with Gasteiger partial charge >= 0.3 is 5.97 Å². The number of aromatic nitrogens is 1. The van der Waals surface area contributed by atoms with Crippen molar-refractivity contribution in [3.05, 3.63) is 82.0 Å². The summed E-state index contributed by atoms with van der Waals surface area (Å²) in [5, 5.41) is 9.01. The molecular weight excluding hydrogens is 408 g/mol. The second kappa shape index (κ2) is 8.22. The molecule has 6 heteroatoms. The fourth-order valence-electron chi connectivity index (χ4n) is 2.79. The molecule has 0 spiro atoms. The summed E-state index contributed by atoms with van der Waals surface area (Å²) in [5.41, 5.74) is 7.03. The first-order chi connectivity index (χ1) is 12.9. The highest BCUT2D eigenvalue weighted by Gasteiger charge is 2.15. The van der Waals surface area contributed by atoms with Crippen LogP contribution in [0.5, 0.6) is 0 Å². The van der Waals surface area contributed by atoms with Gasteiger partial charge in [0.25, 0.3) is 5.91 Å². The van der Waals surface area contributed by atoms with E-state index in [2.05, 4.69) is 21.4 Å². The van der Waals surface area contributed by atoms with Crippen LogP contribution in [0, 0.1) is 6.92 Å². The molecular formula is C21H19BrN2O3. The molecule has 0 saturated heterocycles. The molecule has 0 aliphatic heterocycles. The van der Waals surface area contributed by atoms with E-state index in [0.717, 1.165) is 27.0 Å². The standard InChI is InChI=1S/C21H19BrN2O3/c1-14-5-7-15(8-6-14)19-11-9-18(10-12-20(25)26)24(19)23-21(27)16-3-2-4-17(22)13-16/h2-9,11,13H,10,12H2,1H3,(H,23,27)(H,25,26). The monoisotopic (exact) mass is 426 g/mol. The molecule has 0 saturated carbocycles. The Morgan fingerprint density at radius 2 is 1.81 bits per heavy atom. The lowest BCUT2D eigenvalue weighted by molar-refractivity contribution is -0.136. The minimum Gasteiger partial charge on any atom is -0.481 e. The predicted molar refractivity (Wildman–Crippen MR) is 108 cm³/mol. The van der Waals surface area contributed by atoms with Crippen molar-refractivity contribution in [1.82, 2.24) is 4.68 Å². The van der Waals surface area contributed by atoms with Crippen LogP contribution in [0.15, 0.2) is 65.1 Å². The van der Waals surface area contributed by atoms with E-state index in [0.29, 0.717) is 12.0 Å². The normalized spacial score (nSPS) is 10.6. The molecule has 0 unspecified atom stereocenters. The number of hydrogen-bond acceptors (Lipinski definition) is 2. The number of carboxylic acids is 1. The second-order valence-electron chi connectivity index (χ2n) is 6.26. The first kappa shape index (κ1) is 18.9. The van der Waals surface area contributed by atoms with E-state index in [1.54, 1.807) is 22.9 Å². The van der Waals surface area contributed by atoms with Crippen molar-refractivity contribution < 1.29 is 14.7 Å². The molecule has 3 aromatic rings. The third kappa shape index (κ3) is 4.65. The van der Waals surface area contributed by atoms with Crippen LogP contribution in [0.2, 0.25) is 0 Å². The SMILES string of the molecule is Cc1ccc(-c2ccc(CCC(=O)O)n2NC(=O)c2cccc(Br)c2)cc1. The number of nitrogens with zero attached hydrogens (tertiary/aromatic N) is 1. The summed E-state index contributed by atoms with van der Waals surface area (Å²) in [6.45, 7) is 2.01. The summed E-state index contributed by atoms with van der Waals surface area (Å²) < 4.78 is 2.49. The van der Waals surface area contributed by atoms with Crippen molar-refractivity contribution in [2.24, 2.45) is 0 Å². The van der Waals surface area contributed by atoms with E-state index in [1.807, 2.05) is 49.4 Å². The first-order valence-corrected chi connectivity index (χ1v) is 9.30. The number of carboxylic acid groups (broad SMARTS) is 1. The third-order valence-electron chi connectivity index (χ3n) is 4.20. The van der Waals surface area contributed by atoms with Gasteiger partial charge in [-0.25, -0.2) is 0 Å². The highest BCUT2D eigenvalue weighted by atomic mass is 79.9. The lowest BCUT2D eigenvalue weighted by Gasteiger charge is -2.15. The van der Waals surface area contributed by atoms with Crippen LogP contribution in [0.1, 0.15) is 28.0 Å². The summed E-state index contributed by atoms with van der Waals surface area (Å²) in [6, 6.07) is 18.8. The number of hydrogen-bond donors (Lipinski definition) is 2. The molecule has 27 heavy (non-hydrogen) atoms. The van der Waals surface area contributed by atoms with Gasteiger partial charge in [-0.2, -0.15) is 0 Å². The van der Waals surface area contributed by atoms with Crippen molar-refractivity contribution in [3.63, 3.8) is 0 Å². The summed E-state index contributed by atoms with van der Waals surface area (Å²) in [4.78, 5) is 23.7. The third-order valence-corrected chi connectivity index (χ3v) is 4.70. The maximum absolute atomic E-state index is 12.7. The average Bonchev–Trinajstić information content (AvgIpc) is 3.03. The molecule has 1 heterocycles. The number of rotatable bonds is 6. The van der Waals surface area contributed by atoms with E-state index < -0.39 is 5.97 Å². The van der Waals surface area contributed by atoms with E-state index >= 15 is 0 Å². The van der Waals surface area contributed by atoms with Gasteiger partial charge in [-0.15, -0.1) is 0 Å².